The average Bonchev–Trinajstić information content (AvgIpc) is 3.13. The first-order valence-electron chi connectivity index (χ1n) is 11.1. The first kappa shape index (κ1) is 22.9. The summed E-state index contributed by atoms with van der Waals surface area (Å²) < 4.78 is 5.33. The zero-order valence-electron chi connectivity index (χ0n) is 19.6. The monoisotopic (exact) mass is 483 g/mol. The number of rotatable bonds is 2. The average molecular weight is 483 g/mol. The van der Waals surface area contributed by atoms with E-state index in [2.05, 4.69) is 4.98 Å². The fourth-order valence-corrected chi connectivity index (χ4v) is 6.10. The number of hydrogen-bond donors (Lipinski definition) is 5. The predicted octanol–water partition coefficient (Wildman–Crippen LogP) is 0.954. The van der Waals surface area contributed by atoms with Crippen LogP contribution < -0.4 is 16.4 Å². The van der Waals surface area contributed by atoms with E-state index in [-0.39, 0.29) is 29.6 Å². The number of benzene rings is 1. The van der Waals surface area contributed by atoms with E-state index in [0.29, 0.717) is 16.8 Å². The Kier molecular flexibility index (Phi) is 4.48. The van der Waals surface area contributed by atoms with Crippen molar-refractivity contribution in [1.29, 1.82) is 0 Å². The molecule has 1 saturated carbocycles. The number of amides is 1. The molecule has 1 aromatic carbocycles. The van der Waals surface area contributed by atoms with Crippen molar-refractivity contribution in [2.45, 2.75) is 37.7 Å². The minimum atomic E-state index is -2.61. The molecular weight excluding hydrogens is 458 g/mol. The highest BCUT2D eigenvalue weighted by Crippen LogP contribution is 2.58. The molecule has 5 rings (SSSR count). The van der Waals surface area contributed by atoms with Crippen LogP contribution in [0, 0.1) is 11.8 Å². The SMILES string of the molecule is CN(C)c1cc2[nH]c(=O)oc2c2c1C(C)(C)C1C[C@H]3CC(=O)C(C(N)=O)=C(O)[C@@]3(O)C(=O)C1=C2O. The molecule has 0 saturated heterocycles. The van der Waals surface area contributed by atoms with Crippen LogP contribution in [-0.4, -0.2) is 57.5 Å². The number of nitrogens with one attached hydrogen (secondary N) is 1. The molecule has 0 spiro atoms. The van der Waals surface area contributed by atoms with E-state index < -0.39 is 63.2 Å². The lowest BCUT2D eigenvalue weighted by molar-refractivity contribution is -0.148. The molecule has 1 amide bonds. The van der Waals surface area contributed by atoms with Crippen LogP contribution in [0.5, 0.6) is 0 Å². The molecule has 3 aliphatic carbocycles. The smallest absolute Gasteiger partial charge is 0.417 e. The normalized spacial score (nSPS) is 27.6. The standard InChI is InChI=1S/C24H25N3O8/c1-23(2)9-5-8-6-12(28)14(21(25)32)20(31)24(8,34)19(30)13(9)17(29)15-16(23)11(27(3)4)7-10-18(15)35-22(33)26-10/h7-9,29,31,34H,5-6H2,1-4H3,(H2,25,32)(H,26,33)/t8-,9?,24-/m0/s1. The minimum Gasteiger partial charge on any atom is -0.508 e. The summed E-state index contributed by atoms with van der Waals surface area (Å²) >= 11 is 0. The highest BCUT2D eigenvalue weighted by Gasteiger charge is 2.63. The number of hydrogen-bond acceptors (Lipinski definition) is 9. The number of primary amides is 1. The molecule has 1 unspecified atom stereocenters. The van der Waals surface area contributed by atoms with Gasteiger partial charge in [0.25, 0.3) is 5.91 Å². The number of nitrogens with two attached hydrogens (primary N) is 1. The summed E-state index contributed by atoms with van der Waals surface area (Å²) in [4.78, 5) is 54.6. The Morgan fingerprint density at radius 2 is 1.89 bits per heavy atom. The molecule has 1 heterocycles. The number of aliphatic hydroxyl groups excluding tert-OH is 2. The van der Waals surface area contributed by atoms with Gasteiger partial charge in [-0.2, -0.15) is 0 Å². The van der Waals surface area contributed by atoms with E-state index >= 15 is 0 Å². The Morgan fingerprint density at radius 3 is 2.49 bits per heavy atom. The maximum absolute atomic E-state index is 13.8. The summed E-state index contributed by atoms with van der Waals surface area (Å²) in [6, 6.07) is 1.72. The third-order valence-electron chi connectivity index (χ3n) is 7.78. The van der Waals surface area contributed by atoms with E-state index in [4.69, 9.17) is 10.2 Å². The third kappa shape index (κ3) is 2.69. The molecule has 184 valence electrons. The Hall–Kier alpha value is -3.86. The number of aromatic nitrogens is 1. The van der Waals surface area contributed by atoms with E-state index in [1.54, 1.807) is 20.2 Å². The summed E-state index contributed by atoms with van der Waals surface area (Å²) in [6.07, 6.45) is -0.317. The van der Waals surface area contributed by atoms with Crippen molar-refractivity contribution >= 4 is 40.0 Å². The van der Waals surface area contributed by atoms with E-state index in [9.17, 15) is 34.5 Å². The van der Waals surface area contributed by atoms with Gasteiger partial charge in [-0.25, -0.2) is 4.79 Å². The van der Waals surface area contributed by atoms with Crippen LogP contribution in [0.25, 0.3) is 16.9 Å². The number of carbonyl (C=O) groups is 3. The van der Waals surface area contributed by atoms with Crippen LogP contribution in [0.1, 0.15) is 37.8 Å². The molecule has 1 fully saturated rings. The van der Waals surface area contributed by atoms with Crippen molar-refractivity contribution in [3.63, 3.8) is 0 Å². The summed E-state index contributed by atoms with van der Waals surface area (Å²) in [5.74, 6) is -7.08. The first-order chi connectivity index (χ1) is 16.2. The van der Waals surface area contributed by atoms with E-state index in [1.165, 1.54) is 0 Å². The van der Waals surface area contributed by atoms with Crippen molar-refractivity contribution in [1.82, 2.24) is 4.98 Å². The number of fused-ring (bicyclic) bond motifs is 5. The van der Waals surface area contributed by atoms with Gasteiger partial charge in [-0.05, 0) is 23.5 Å². The van der Waals surface area contributed by atoms with Crippen LogP contribution >= 0.6 is 0 Å². The molecule has 0 radical (unpaired) electrons. The van der Waals surface area contributed by atoms with Crippen molar-refractivity contribution < 1.29 is 34.1 Å². The Bertz CT molecular complexity index is 1490. The zero-order chi connectivity index (χ0) is 25.8. The molecule has 0 bridgehead atoms. The van der Waals surface area contributed by atoms with Gasteiger partial charge in [0.2, 0.25) is 5.78 Å². The van der Waals surface area contributed by atoms with Gasteiger partial charge >= 0.3 is 5.76 Å². The summed E-state index contributed by atoms with van der Waals surface area (Å²) in [5.41, 5.74) is 2.57. The van der Waals surface area contributed by atoms with Gasteiger partial charge in [0.15, 0.2) is 17.0 Å². The van der Waals surface area contributed by atoms with Gasteiger partial charge in [0.1, 0.15) is 17.1 Å². The lowest BCUT2D eigenvalue weighted by Crippen LogP contribution is -2.60. The molecule has 3 atom stereocenters. The molecule has 1 aromatic heterocycles. The zero-order valence-corrected chi connectivity index (χ0v) is 19.6. The largest absolute Gasteiger partial charge is 0.508 e. The summed E-state index contributed by atoms with van der Waals surface area (Å²) in [5, 5.41) is 33.7. The van der Waals surface area contributed by atoms with E-state index in [0.717, 1.165) is 0 Å². The number of aromatic amines is 1. The second-order valence-electron chi connectivity index (χ2n) is 10.2. The number of Topliss-reactive ketones (excluding diaryl/α,β-unsaturated/α-hetero) is 2. The molecule has 2 aromatic rings. The van der Waals surface area contributed by atoms with Gasteiger partial charge in [-0.3, -0.25) is 19.4 Å². The Balaban J connectivity index is 1.87. The number of carbonyl (C=O) groups excluding carboxylic acids is 3. The number of H-pyrrole nitrogens is 1. The summed E-state index contributed by atoms with van der Waals surface area (Å²) in [7, 11) is 3.59. The van der Waals surface area contributed by atoms with Crippen LogP contribution in [0.15, 0.2) is 32.2 Å². The topological polar surface area (TPSA) is 187 Å². The first-order valence-corrected chi connectivity index (χ1v) is 11.1. The lowest BCUT2D eigenvalue weighted by atomic mass is 9.53. The van der Waals surface area contributed by atoms with Crippen molar-refractivity contribution in [2.75, 3.05) is 19.0 Å². The van der Waals surface area contributed by atoms with Crippen molar-refractivity contribution in [3.8, 4) is 0 Å². The van der Waals surface area contributed by atoms with Crippen molar-refractivity contribution in [2.24, 2.45) is 17.6 Å². The molecule has 0 aliphatic heterocycles. The third-order valence-corrected chi connectivity index (χ3v) is 7.78. The van der Waals surface area contributed by atoms with Crippen LogP contribution in [0.4, 0.5) is 5.69 Å². The van der Waals surface area contributed by atoms with Crippen LogP contribution in [0.3, 0.4) is 0 Å². The van der Waals surface area contributed by atoms with Gasteiger partial charge < -0.3 is 30.4 Å². The molecule has 6 N–H and O–H groups in total. The van der Waals surface area contributed by atoms with Crippen molar-refractivity contribution in [3.05, 3.63) is 44.6 Å². The Morgan fingerprint density at radius 1 is 1.23 bits per heavy atom. The maximum atomic E-state index is 13.8. The molecule has 35 heavy (non-hydrogen) atoms. The van der Waals surface area contributed by atoms with Crippen LogP contribution in [0.2, 0.25) is 0 Å². The van der Waals surface area contributed by atoms with Crippen LogP contribution in [-0.2, 0) is 19.8 Å². The highest BCUT2D eigenvalue weighted by molar-refractivity contribution is 6.23. The number of aliphatic hydroxyl groups is 3. The quantitative estimate of drug-likeness (QED) is 0.388. The highest BCUT2D eigenvalue weighted by atomic mass is 16.4. The summed E-state index contributed by atoms with van der Waals surface area (Å²) in [6.45, 7) is 3.72. The number of oxazole rings is 1. The number of anilines is 1. The molecule has 11 nitrogen and oxygen atoms in total. The van der Waals surface area contributed by atoms with Gasteiger partial charge in [-0.1, -0.05) is 13.8 Å². The van der Waals surface area contributed by atoms with Gasteiger partial charge in [-0.15, -0.1) is 0 Å². The number of ketones is 2. The fourth-order valence-electron chi connectivity index (χ4n) is 6.10. The Labute approximate surface area is 198 Å². The van der Waals surface area contributed by atoms with E-state index in [1.807, 2.05) is 18.7 Å². The number of nitrogens with zero attached hydrogens (tertiary/aromatic N) is 1. The molecule has 11 heteroatoms. The molecular formula is C24H25N3O8. The maximum Gasteiger partial charge on any atom is 0.417 e. The van der Waals surface area contributed by atoms with Gasteiger partial charge in [0, 0.05) is 43.6 Å². The lowest BCUT2D eigenvalue weighted by Gasteiger charge is -2.51. The molecule has 3 aliphatic rings. The van der Waals surface area contributed by atoms with Gasteiger partial charge in [0.05, 0.1) is 11.1 Å². The minimum absolute atomic E-state index is 0.0467. The second kappa shape index (κ2) is 6.85. The predicted molar refractivity (Wildman–Crippen MR) is 124 cm³/mol. The second-order valence-corrected chi connectivity index (χ2v) is 10.2. The fraction of sp³-hybridized carbons (Fsp3) is 0.417.